The second-order valence-electron chi connectivity index (χ2n) is 8.80. The smallest absolute Gasteiger partial charge is 0.239 e. The fourth-order valence-electron chi connectivity index (χ4n) is 3.68. The number of rotatable bonds is 16. The van der Waals surface area contributed by atoms with Gasteiger partial charge in [0, 0.05) is 16.8 Å². The third kappa shape index (κ3) is 10.7. The van der Waals surface area contributed by atoms with Crippen molar-refractivity contribution in [2.75, 3.05) is 17.3 Å². The summed E-state index contributed by atoms with van der Waals surface area (Å²) < 4.78 is 0. The first-order chi connectivity index (χ1) is 15.6. The number of nitrogens with two attached hydrogens (primary N) is 1. The van der Waals surface area contributed by atoms with Crippen LogP contribution in [-0.2, 0) is 9.59 Å². The van der Waals surface area contributed by atoms with Crippen LogP contribution in [0.3, 0.4) is 0 Å². The summed E-state index contributed by atoms with van der Waals surface area (Å²) in [6.07, 6.45) is 0.878. The lowest BCUT2D eigenvalue weighted by Gasteiger charge is -2.40. The molecule has 0 radical (unpaired) electrons. The molecule has 33 heavy (non-hydrogen) atoms. The number of carbonyl (C=O) groups is 2. The highest BCUT2D eigenvalue weighted by Gasteiger charge is 2.46. The van der Waals surface area contributed by atoms with Crippen LogP contribution >= 0.6 is 23.5 Å². The van der Waals surface area contributed by atoms with Gasteiger partial charge in [0.05, 0.1) is 30.3 Å². The van der Waals surface area contributed by atoms with Gasteiger partial charge in [-0.25, -0.2) is 0 Å². The fraction of sp³-hybridized carbons (Fsp3) is 0.909. The highest BCUT2D eigenvalue weighted by Crippen LogP contribution is 2.35. The maximum Gasteiger partial charge on any atom is 0.239 e. The van der Waals surface area contributed by atoms with Gasteiger partial charge >= 0.3 is 0 Å². The van der Waals surface area contributed by atoms with Crippen LogP contribution in [0, 0.1) is 5.92 Å². The average Bonchev–Trinajstić information content (AvgIpc) is 2.77. The van der Waals surface area contributed by atoms with Gasteiger partial charge in [-0.3, -0.25) is 9.59 Å². The number of thioether (sulfide) groups is 2. The number of primary amides is 1. The van der Waals surface area contributed by atoms with Crippen molar-refractivity contribution in [3.05, 3.63) is 0 Å². The summed E-state index contributed by atoms with van der Waals surface area (Å²) >= 11 is 2.64. The summed E-state index contributed by atoms with van der Waals surface area (Å²) in [7, 11) is 0. The molecule has 1 aliphatic rings. The normalized spacial score (nSPS) is 28.2. The van der Waals surface area contributed by atoms with Gasteiger partial charge in [-0.05, 0) is 25.5 Å². The van der Waals surface area contributed by atoms with Crippen LogP contribution in [0.5, 0.6) is 0 Å². The van der Waals surface area contributed by atoms with Gasteiger partial charge in [-0.1, -0.05) is 39.0 Å². The van der Waals surface area contributed by atoms with Gasteiger partial charge in [0.25, 0.3) is 0 Å². The molecule has 0 spiro atoms. The topological polar surface area (TPSA) is 173 Å². The number of carbonyl (C=O) groups excluding carboxylic acids is 2. The molecule has 0 aromatic heterocycles. The Kier molecular flexibility index (Phi) is 14.9. The van der Waals surface area contributed by atoms with Crippen LogP contribution in [0.15, 0.2) is 0 Å². The average molecular weight is 511 g/mol. The largest absolute Gasteiger partial charge is 0.390 e. The summed E-state index contributed by atoms with van der Waals surface area (Å²) in [5.41, 5.74) is 5.18. The van der Waals surface area contributed by atoms with Crippen LogP contribution in [0.25, 0.3) is 0 Å². The van der Waals surface area contributed by atoms with Crippen molar-refractivity contribution in [1.82, 2.24) is 5.32 Å². The molecule has 1 aliphatic carbocycles. The molecule has 0 aromatic carbocycles. The van der Waals surface area contributed by atoms with Crippen molar-refractivity contribution in [3.8, 4) is 0 Å². The van der Waals surface area contributed by atoms with E-state index in [2.05, 4.69) is 12.2 Å². The van der Waals surface area contributed by atoms with Crippen molar-refractivity contribution in [2.45, 2.75) is 101 Å². The third-order valence-electron chi connectivity index (χ3n) is 5.93. The first-order valence-corrected chi connectivity index (χ1v) is 14.0. The molecule has 194 valence electrons. The molecule has 0 unspecified atom stereocenters. The predicted molar refractivity (Wildman–Crippen MR) is 132 cm³/mol. The predicted octanol–water partition coefficient (Wildman–Crippen LogP) is -0.00370. The molecule has 1 rings (SSSR count). The lowest BCUT2D eigenvalue weighted by Crippen LogP contribution is -2.57. The number of unbranched alkanes of at least 4 members (excludes halogenated alkanes) is 5. The zero-order chi connectivity index (χ0) is 25.0. The highest BCUT2D eigenvalue weighted by atomic mass is 32.2. The number of hydrogen-bond acceptors (Lipinski definition) is 9. The van der Waals surface area contributed by atoms with E-state index in [0.29, 0.717) is 5.75 Å². The monoisotopic (exact) mass is 510 g/mol. The summed E-state index contributed by atoms with van der Waals surface area (Å²) in [5, 5.41) is 52.8. The SMILES string of the molecule is CCCCCCCCSC[C@H](O)[C@@H](O)CS[C@@H]1[C@@H](O)[C@@H](O)[C@H](O)C[C@@H]1C(=O)N[C@@H](C)C(N)=O. The van der Waals surface area contributed by atoms with Gasteiger partial charge in [0.1, 0.15) is 12.1 Å². The van der Waals surface area contributed by atoms with E-state index in [1.54, 1.807) is 11.8 Å². The minimum absolute atomic E-state index is 0.0401. The van der Waals surface area contributed by atoms with Crippen molar-refractivity contribution >= 4 is 35.3 Å². The Balaban J connectivity index is 2.52. The van der Waals surface area contributed by atoms with Crippen LogP contribution in [0.1, 0.15) is 58.8 Å². The highest BCUT2D eigenvalue weighted by molar-refractivity contribution is 8.00. The van der Waals surface area contributed by atoms with Gasteiger partial charge in [0.2, 0.25) is 11.8 Å². The number of amides is 2. The zero-order valence-electron chi connectivity index (χ0n) is 19.6. The van der Waals surface area contributed by atoms with Crippen molar-refractivity contribution < 1.29 is 35.1 Å². The Bertz CT molecular complexity index is 587. The first kappa shape index (κ1) is 30.5. The minimum atomic E-state index is -1.44. The molecule has 0 bridgehead atoms. The lowest BCUT2D eigenvalue weighted by atomic mass is 9.82. The number of aliphatic hydroxyl groups is 5. The molecule has 0 aromatic rings. The van der Waals surface area contributed by atoms with Crippen molar-refractivity contribution in [3.63, 3.8) is 0 Å². The van der Waals surface area contributed by atoms with Gasteiger partial charge < -0.3 is 36.6 Å². The maximum absolute atomic E-state index is 12.6. The quantitative estimate of drug-likeness (QED) is 0.141. The van der Waals surface area contributed by atoms with Crippen molar-refractivity contribution in [1.29, 1.82) is 0 Å². The Labute approximate surface area is 205 Å². The van der Waals surface area contributed by atoms with Crippen LogP contribution in [0.2, 0.25) is 0 Å². The molecule has 9 nitrogen and oxygen atoms in total. The van der Waals surface area contributed by atoms with Gasteiger partial charge in [-0.15, -0.1) is 0 Å². The molecular formula is C22H42N2O7S2. The Morgan fingerprint density at radius 2 is 1.61 bits per heavy atom. The van der Waals surface area contributed by atoms with E-state index < -0.39 is 59.5 Å². The molecule has 2 amide bonds. The summed E-state index contributed by atoms with van der Waals surface area (Å²) in [6, 6.07) is -0.930. The maximum atomic E-state index is 12.6. The number of nitrogens with one attached hydrogen (secondary N) is 1. The van der Waals surface area contributed by atoms with E-state index in [9.17, 15) is 35.1 Å². The molecule has 1 fully saturated rings. The second-order valence-corrected chi connectivity index (χ2v) is 11.2. The number of hydrogen-bond donors (Lipinski definition) is 7. The van der Waals surface area contributed by atoms with Gasteiger partial charge in [0.15, 0.2) is 0 Å². The molecule has 0 saturated heterocycles. The van der Waals surface area contributed by atoms with E-state index in [4.69, 9.17) is 5.73 Å². The summed E-state index contributed by atoms with van der Waals surface area (Å²) in [4.78, 5) is 23.9. The zero-order valence-corrected chi connectivity index (χ0v) is 21.3. The molecule has 0 heterocycles. The molecule has 1 saturated carbocycles. The lowest BCUT2D eigenvalue weighted by molar-refractivity contribution is -0.138. The fourth-order valence-corrected chi connectivity index (χ4v) is 6.18. The summed E-state index contributed by atoms with van der Waals surface area (Å²) in [6.45, 7) is 3.61. The van der Waals surface area contributed by atoms with Gasteiger partial charge in [-0.2, -0.15) is 23.5 Å². The van der Waals surface area contributed by atoms with Crippen LogP contribution < -0.4 is 11.1 Å². The molecule has 8 N–H and O–H groups in total. The Morgan fingerprint density at radius 1 is 1.00 bits per heavy atom. The number of aliphatic hydroxyl groups excluding tert-OH is 5. The van der Waals surface area contributed by atoms with Crippen LogP contribution in [-0.4, -0.2) is 96.4 Å². The van der Waals surface area contributed by atoms with E-state index in [0.717, 1.165) is 30.4 Å². The Morgan fingerprint density at radius 3 is 2.24 bits per heavy atom. The van der Waals surface area contributed by atoms with E-state index in [-0.39, 0.29) is 12.2 Å². The molecule has 8 atom stereocenters. The molecular weight excluding hydrogens is 468 g/mol. The molecule has 0 aliphatic heterocycles. The van der Waals surface area contributed by atoms with E-state index in [1.807, 2.05) is 0 Å². The van der Waals surface area contributed by atoms with Crippen LogP contribution in [0.4, 0.5) is 0 Å². The van der Waals surface area contributed by atoms with Crippen molar-refractivity contribution in [2.24, 2.45) is 11.7 Å². The molecule has 11 heteroatoms. The Hall–Kier alpha value is -0.560. The summed E-state index contributed by atoms with van der Waals surface area (Å²) in [5.74, 6) is -0.871. The van der Waals surface area contributed by atoms with E-state index in [1.165, 1.54) is 32.6 Å². The third-order valence-corrected chi connectivity index (χ3v) is 8.61. The minimum Gasteiger partial charge on any atom is -0.390 e. The van der Waals surface area contributed by atoms with E-state index >= 15 is 0 Å². The second kappa shape index (κ2) is 16.2. The first-order valence-electron chi connectivity index (χ1n) is 11.8. The standard InChI is InChI=1S/C22H42N2O7S2/c1-3-4-5-6-7-8-9-32-11-16(26)17(27)12-33-20-14(10-15(25)18(28)19(20)29)22(31)24-13(2)21(23)30/h13-20,25-29H,3-12H2,1-2H3,(H2,23,30)(H,24,31)/t13-,14-,15+,16-,17-,18-,19-,20-/m0/s1.